The highest BCUT2D eigenvalue weighted by Gasteiger charge is 2.45. The second-order valence-electron chi connectivity index (χ2n) is 4.64. The lowest BCUT2D eigenvalue weighted by molar-refractivity contribution is -0.132. The monoisotopic (exact) mass is 283 g/mol. The third kappa shape index (κ3) is 2.54. The molecule has 10 nitrogen and oxygen atoms in total. The minimum Gasteiger partial charge on any atom is -0.409 e. The predicted molar refractivity (Wildman–Crippen MR) is 66.6 cm³/mol. The SMILES string of the molecule is CC(NC(=O)C1(C(N)=NO)CCOCC1)c1nn[nH]n1. The summed E-state index contributed by atoms with van der Waals surface area (Å²) in [7, 11) is 0. The number of oxime groups is 1. The first kappa shape index (κ1) is 14.2. The number of aromatic amines is 1. The molecule has 1 unspecified atom stereocenters. The van der Waals surface area contributed by atoms with E-state index in [0.29, 0.717) is 31.9 Å². The summed E-state index contributed by atoms with van der Waals surface area (Å²) in [6.07, 6.45) is 0.710. The smallest absolute Gasteiger partial charge is 0.234 e. The minimum absolute atomic E-state index is 0.112. The molecule has 110 valence electrons. The summed E-state index contributed by atoms with van der Waals surface area (Å²) in [6, 6.07) is -0.438. The summed E-state index contributed by atoms with van der Waals surface area (Å²) in [6.45, 7) is 2.47. The van der Waals surface area contributed by atoms with Crippen molar-refractivity contribution in [1.82, 2.24) is 25.9 Å². The van der Waals surface area contributed by atoms with Gasteiger partial charge in [-0.1, -0.05) is 10.4 Å². The molecule has 1 atom stereocenters. The van der Waals surface area contributed by atoms with Crippen LogP contribution in [-0.2, 0) is 9.53 Å². The number of nitrogens with two attached hydrogens (primary N) is 1. The van der Waals surface area contributed by atoms with Gasteiger partial charge in [-0.05, 0) is 19.8 Å². The molecule has 1 aliphatic heterocycles. The molecule has 2 rings (SSSR count). The highest BCUT2D eigenvalue weighted by Crippen LogP contribution is 2.31. The van der Waals surface area contributed by atoms with E-state index in [0.717, 1.165) is 0 Å². The molecule has 0 saturated carbocycles. The molecule has 0 aliphatic carbocycles. The van der Waals surface area contributed by atoms with Crippen molar-refractivity contribution in [3.05, 3.63) is 5.82 Å². The van der Waals surface area contributed by atoms with Crippen molar-refractivity contribution < 1.29 is 14.7 Å². The minimum atomic E-state index is -1.06. The van der Waals surface area contributed by atoms with Crippen molar-refractivity contribution in [2.45, 2.75) is 25.8 Å². The first-order valence-corrected chi connectivity index (χ1v) is 6.20. The van der Waals surface area contributed by atoms with Gasteiger partial charge >= 0.3 is 0 Å². The van der Waals surface area contributed by atoms with Gasteiger partial charge in [0.2, 0.25) is 5.91 Å². The summed E-state index contributed by atoms with van der Waals surface area (Å²) >= 11 is 0. The molecule has 1 amide bonds. The van der Waals surface area contributed by atoms with E-state index in [1.807, 2.05) is 0 Å². The molecule has 1 aromatic rings. The predicted octanol–water partition coefficient (Wildman–Crippen LogP) is -1.08. The van der Waals surface area contributed by atoms with Crippen LogP contribution >= 0.6 is 0 Å². The van der Waals surface area contributed by atoms with Crippen molar-refractivity contribution in [2.75, 3.05) is 13.2 Å². The lowest BCUT2D eigenvalue weighted by Gasteiger charge is -2.34. The van der Waals surface area contributed by atoms with E-state index in [4.69, 9.17) is 15.7 Å². The number of H-pyrrole nitrogens is 1. The van der Waals surface area contributed by atoms with Gasteiger partial charge in [0, 0.05) is 13.2 Å². The lowest BCUT2D eigenvalue weighted by Crippen LogP contribution is -2.53. The molecule has 1 aliphatic rings. The number of rotatable bonds is 4. The van der Waals surface area contributed by atoms with Gasteiger partial charge in [0.1, 0.15) is 5.41 Å². The molecule has 0 radical (unpaired) electrons. The van der Waals surface area contributed by atoms with Crippen LogP contribution < -0.4 is 11.1 Å². The van der Waals surface area contributed by atoms with Crippen LogP contribution in [0.15, 0.2) is 5.16 Å². The molecule has 2 heterocycles. The molecular weight excluding hydrogens is 266 g/mol. The Hall–Kier alpha value is -2.23. The van der Waals surface area contributed by atoms with Crippen molar-refractivity contribution >= 4 is 11.7 Å². The van der Waals surface area contributed by atoms with Gasteiger partial charge in [-0.25, -0.2) is 0 Å². The van der Waals surface area contributed by atoms with Crippen molar-refractivity contribution in [1.29, 1.82) is 0 Å². The second-order valence-corrected chi connectivity index (χ2v) is 4.64. The fourth-order valence-electron chi connectivity index (χ4n) is 2.17. The maximum Gasteiger partial charge on any atom is 0.234 e. The third-order valence-corrected chi connectivity index (χ3v) is 3.48. The Kier molecular flexibility index (Phi) is 4.13. The van der Waals surface area contributed by atoms with E-state index in [9.17, 15) is 4.79 Å². The Morgan fingerprint density at radius 2 is 2.30 bits per heavy atom. The summed E-state index contributed by atoms with van der Waals surface area (Å²) in [5.74, 6) is -0.0907. The molecule has 10 heteroatoms. The van der Waals surface area contributed by atoms with Gasteiger partial charge in [0.15, 0.2) is 11.7 Å². The van der Waals surface area contributed by atoms with Gasteiger partial charge in [0.25, 0.3) is 0 Å². The Balaban J connectivity index is 2.15. The molecule has 0 bridgehead atoms. The lowest BCUT2D eigenvalue weighted by atomic mass is 9.78. The Morgan fingerprint density at radius 3 is 2.85 bits per heavy atom. The molecule has 5 N–H and O–H groups in total. The zero-order valence-corrected chi connectivity index (χ0v) is 11.0. The number of ether oxygens (including phenoxy) is 1. The van der Waals surface area contributed by atoms with Gasteiger partial charge in [-0.15, -0.1) is 10.2 Å². The maximum atomic E-state index is 12.5. The van der Waals surface area contributed by atoms with Crippen LogP contribution in [0.25, 0.3) is 0 Å². The van der Waals surface area contributed by atoms with Crippen LogP contribution in [0.3, 0.4) is 0 Å². The van der Waals surface area contributed by atoms with Gasteiger partial charge in [-0.2, -0.15) is 5.21 Å². The standard InChI is InChI=1S/C10H17N7O3/c1-6(7-13-16-17-14-7)12-9(18)10(8(11)15-19)2-4-20-5-3-10/h6,19H,2-5H2,1H3,(H2,11,15)(H,12,18)(H,13,14,16,17). The Bertz CT molecular complexity index is 481. The second kappa shape index (κ2) is 5.82. The van der Waals surface area contributed by atoms with Crippen LogP contribution in [0.2, 0.25) is 0 Å². The number of tetrazole rings is 1. The van der Waals surface area contributed by atoms with E-state index < -0.39 is 11.5 Å². The number of carbonyl (C=O) groups excluding carboxylic acids is 1. The largest absolute Gasteiger partial charge is 0.409 e. The number of nitrogens with zero attached hydrogens (tertiary/aromatic N) is 4. The number of hydrogen-bond donors (Lipinski definition) is 4. The Labute approximate surface area is 114 Å². The number of nitrogens with one attached hydrogen (secondary N) is 2. The van der Waals surface area contributed by atoms with Gasteiger partial charge in [0.05, 0.1) is 6.04 Å². The van der Waals surface area contributed by atoms with E-state index >= 15 is 0 Å². The van der Waals surface area contributed by atoms with Crippen LogP contribution in [-0.4, -0.2) is 50.8 Å². The molecule has 1 fully saturated rings. The highest BCUT2D eigenvalue weighted by atomic mass is 16.5. The summed E-state index contributed by atoms with van der Waals surface area (Å²) in [4.78, 5) is 12.5. The summed E-state index contributed by atoms with van der Waals surface area (Å²) in [5.41, 5.74) is 4.65. The molecule has 1 aromatic heterocycles. The summed E-state index contributed by atoms with van der Waals surface area (Å²) in [5, 5.41) is 28.0. The van der Waals surface area contributed by atoms with Crippen LogP contribution in [0.5, 0.6) is 0 Å². The van der Waals surface area contributed by atoms with Crippen molar-refractivity contribution in [2.24, 2.45) is 16.3 Å². The summed E-state index contributed by atoms with van der Waals surface area (Å²) < 4.78 is 5.23. The first-order valence-electron chi connectivity index (χ1n) is 6.20. The molecule has 1 saturated heterocycles. The van der Waals surface area contributed by atoms with Crippen LogP contribution in [0.1, 0.15) is 31.6 Å². The average molecular weight is 283 g/mol. The molecular formula is C10H17N7O3. The topological polar surface area (TPSA) is 151 Å². The number of amides is 1. The zero-order chi connectivity index (χ0) is 14.6. The molecule has 0 aromatic carbocycles. The normalized spacial score (nSPS) is 20.4. The average Bonchev–Trinajstić information content (AvgIpc) is 3.01. The van der Waals surface area contributed by atoms with Gasteiger partial charge in [-0.3, -0.25) is 4.79 Å². The highest BCUT2D eigenvalue weighted by molar-refractivity contribution is 6.06. The van der Waals surface area contributed by atoms with E-state index in [2.05, 4.69) is 31.1 Å². The molecule has 20 heavy (non-hydrogen) atoms. The van der Waals surface area contributed by atoms with Gasteiger partial charge < -0.3 is 21.0 Å². The first-order chi connectivity index (χ1) is 9.60. The third-order valence-electron chi connectivity index (χ3n) is 3.48. The number of amidine groups is 1. The number of carbonyl (C=O) groups is 1. The van der Waals surface area contributed by atoms with E-state index in [-0.39, 0.29) is 11.7 Å². The fraction of sp³-hybridized carbons (Fsp3) is 0.700. The van der Waals surface area contributed by atoms with E-state index in [1.165, 1.54) is 0 Å². The van der Waals surface area contributed by atoms with Crippen LogP contribution in [0.4, 0.5) is 0 Å². The van der Waals surface area contributed by atoms with Crippen molar-refractivity contribution in [3.63, 3.8) is 0 Å². The quantitative estimate of drug-likeness (QED) is 0.237. The maximum absolute atomic E-state index is 12.5. The van der Waals surface area contributed by atoms with E-state index in [1.54, 1.807) is 6.92 Å². The van der Waals surface area contributed by atoms with Crippen molar-refractivity contribution in [3.8, 4) is 0 Å². The number of hydrogen-bond acceptors (Lipinski definition) is 7. The molecule has 0 spiro atoms. The van der Waals surface area contributed by atoms with Crippen LogP contribution in [0, 0.1) is 5.41 Å². The Morgan fingerprint density at radius 1 is 1.60 bits per heavy atom. The fourth-order valence-corrected chi connectivity index (χ4v) is 2.17. The zero-order valence-electron chi connectivity index (χ0n) is 11.0. The number of aromatic nitrogens is 4.